The van der Waals surface area contributed by atoms with Gasteiger partial charge in [-0.25, -0.2) is 23.2 Å². The maximum Gasteiger partial charge on any atom is 0.490 e. The average Bonchev–Trinajstić information content (AvgIpc) is 3.24. The third kappa shape index (κ3) is 6.10. The number of fused-ring (bicyclic) bond motifs is 3. The summed E-state index contributed by atoms with van der Waals surface area (Å²) in [5.41, 5.74) is 0.756. The molecule has 1 aliphatic rings. The standard InChI is InChI=1S/C19H18N6O4S.C2HF3O2/c1-20-17(26)11-24-10-14-18(19(27)23-16-8-4-5-9-21-16)22-12-25(14)13-6-2-3-7-15(13)30(24,28)29;3-2(4,5)1(6)7/h2-9,12H,10-11H2,1H3,(H,20,26)(H,21,23,27);(H,6,7). The second-order valence-electron chi connectivity index (χ2n) is 7.30. The van der Waals surface area contributed by atoms with E-state index in [1.165, 1.54) is 25.6 Å². The van der Waals surface area contributed by atoms with Gasteiger partial charge in [0.1, 0.15) is 17.0 Å². The lowest BCUT2D eigenvalue weighted by molar-refractivity contribution is -0.192. The minimum absolute atomic E-state index is 0.0294. The quantitative estimate of drug-likeness (QED) is 0.447. The molecule has 1 aromatic carbocycles. The molecule has 0 saturated carbocycles. The van der Waals surface area contributed by atoms with Crippen molar-refractivity contribution in [1.29, 1.82) is 0 Å². The smallest absolute Gasteiger partial charge is 0.475 e. The summed E-state index contributed by atoms with van der Waals surface area (Å²) in [4.78, 5) is 42.0. The van der Waals surface area contributed by atoms with E-state index >= 15 is 0 Å². The number of likely N-dealkylation sites (N-methyl/N-ethyl adjacent to an activating group) is 1. The second-order valence-corrected chi connectivity index (χ2v) is 9.20. The van der Waals surface area contributed by atoms with Crippen LogP contribution in [0.3, 0.4) is 0 Å². The highest BCUT2D eigenvalue weighted by molar-refractivity contribution is 7.89. The summed E-state index contributed by atoms with van der Waals surface area (Å²) in [6.07, 6.45) is -2.14. The number of hydrogen-bond acceptors (Lipinski definition) is 7. The van der Waals surface area contributed by atoms with Crippen LogP contribution in [0.25, 0.3) is 5.69 Å². The molecule has 12 nitrogen and oxygen atoms in total. The Morgan fingerprint density at radius 2 is 1.73 bits per heavy atom. The number of hydrogen-bond donors (Lipinski definition) is 3. The molecule has 0 atom stereocenters. The minimum Gasteiger partial charge on any atom is -0.475 e. The number of carboxylic acids is 1. The number of anilines is 1. The molecule has 2 aromatic heterocycles. The molecule has 0 unspecified atom stereocenters. The molecule has 3 heterocycles. The van der Waals surface area contributed by atoms with Gasteiger partial charge in [-0.05, 0) is 24.3 Å². The molecular formula is C21H19F3N6O6S. The van der Waals surface area contributed by atoms with Gasteiger partial charge in [-0.3, -0.25) is 14.2 Å². The Bertz CT molecular complexity index is 1430. The van der Waals surface area contributed by atoms with Gasteiger partial charge in [0.25, 0.3) is 5.91 Å². The van der Waals surface area contributed by atoms with Crippen molar-refractivity contribution in [2.75, 3.05) is 18.9 Å². The number of alkyl halides is 3. The zero-order valence-corrected chi connectivity index (χ0v) is 19.7. The SMILES string of the molecule is CNC(=O)CN1Cc2c(C(=O)Nc3ccccn3)ncn2-c2ccccc2S1(=O)=O.O=C(O)C(F)(F)F. The highest BCUT2D eigenvalue weighted by Crippen LogP contribution is 2.31. The molecule has 16 heteroatoms. The molecule has 1 aliphatic heterocycles. The number of nitrogens with one attached hydrogen (secondary N) is 2. The van der Waals surface area contributed by atoms with Crippen LogP contribution in [0.1, 0.15) is 16.2 Å². The maximum atomic E-state index is 13.2. The molecule has 0 bridgehead atoms. The number of carbonyl (C=O) groups excluding carboxylic acids is 2. The van der Waals surface area contributed by atoms with Crippen molar-refractivity contribution in [1.82, 2.24) is 24.2 Å². The number of carboxylic acid groups (broad SMARTS) is 1. The highest BCUT2D eigenvalue weighted by Gasteiger charge is 2.38. The van der Waals surface area contributed by atoms with Gasteiger partial charge in [-0.15, -0.1) is 0 Å². The minimum atomic E-state index is -5.08. The highest BCUT2D eigenvalue weighted by atomic mass is 32.2. The summed E-state index contributed by atoms with van der Waals surface area (Å²) in [5.74, 6) is -3.41. The molecule has 0 fully saturated rings. The lowest BCUT2D eigenvalue weighted by Crippen LogP contribution is -2.39. The molecule has 37 heavy (non-hydrogen) atoms. The second kappa shape index (κ2) is 10.8. The zero-order chi connectivity index (χ0) is 27.4. The Labute approximate surface area is 207 Å². The van der Waals surface area contributed by atoms with Gasteiger partial charge >= 0.3 is 12.1 Å². The summed E-state index contributed by atoms with van der Waals surface area (Å²) in [7, 11) is -2.56. The Morgan fingerprint density at radius 3 is 2.32 bits per heavy atom. The Balaban J connectivity index is 0.000000479. The van der Waals surface area contributed by atoms with Crippen LogP contribution in [0.2, 0.25) is 0 Å². The third-order valence-electron chi connectivity index (χ3n) is 4.90. The summed E-state index contributed by atoms with van der Waals surface area (Å²) >= 11 is 0. The monoisotopic (exact) mass is 540 g/mol. The zero-order valence-electron chi connectivity index (χ0n) is 18.9. The van der Waals surface area contributed by atoms with Crippen LogP contribution in [-0.2, 0) is 26.2 Å². The van der Waals surface area contributed by atoms with Crippen molar-refractivity contribution in [3.05, 3.63) is 66.4 Å². The number of pyridine rings is 1. The third-order valence-corrected chi connectivity index (χ3v) is 6.74. The molecule has 196 valence electrons. The predicted octanol–water partition coefficient (Wildman–Crippen LogP) is 1.40. The van der Waals surface area contributed by atoms with E-state index < -0.39 is 34.0 Å². The van der Waals surface area contributed by atoms with Crippen LogP contribution in [0.4, 0.5) is 19.0 Å². The fourth-order valence-corrected chi connectivity index (χ4v) is 4.72. The van der Waals surface area contributed by atoms with Crippen molar-refractivity contribution in [2.45, 2.75) is 17.6 Å². The number of aliphatic carboxylic acids is 1. The van der Waals surface area contributed by atoms with E-state index in [4.69, 9.17) is 9.90 Å². The van der Waals surface area contributed by atoms with E-state index in [2.05, 4.69) is 20.6 Å². The van der Waals surface area contributed by atoms with Gasteiger partial charge in [0, 0.05) is 13.2 Å². The Morgan fingerprint density at radius 1 is 1.08 bits per heavy atom. The first-order chi connectivity index (χ1) is 17.4. The van der Waals surface area contributed by atoms with Crippen LogP contribution in [0.5, 0.6) is 0 Å². The number of rotatable bonds is 4. The largest absolute Gasteiger partial charge is 0.490 e. The average molecular weight is 540 g/mol. The number of benzene rings is 1. The van der Waals surface area contributed by atoms with Crippen LogP contribution in [0.15, 0.2) is 59.9 Å². The van der Waals surface area contributed by atoms with E-state index in [9.17, 15) is 31.2 Å². The Kier molecular flexibility index (Phi) is 7.93. The topological polar surface area (TPSA) is 164 Å². The molecule has 0 aliphatic carbocycles. The molecule has 4 rings (SSSR count). The number of nitrogens with zero attached hydrogens (tertiary/aromatic N) is 4. The number of imidazole rings is 1. The van der Waals surface area contributed by atoms with Crippen LogP contribution >= 0.6 is 0 Å². The molecule has 2 amide bonds. The van der Waals surface area contributed by atoms with Gasteiger partial charge in [0.15, 0.2) is 5.69 Å². The summed E-state index contributed by atoms with van der Waals surface area (Å²) < 4.78 is 60.8. The first kappa shape index (κ1) is 27.3. The normalized spacial score (nSPS) is 14.2. The van der Waals surface area contributed by atoms with Crippen LogP contribution in [-0.4, -0.2) is 69.9 Å². The lowest BCUT2D eigenvalue weighted by Gasteiger charge is -2.19. The van der Waals surface area contributed by atoms with E-state index in [0.29, 0.717) is 17.2 Å². The summed E-state index contributed by atoms with van der Waals surface area (Å²) in [6.45, 7) is -0.588. The first-order valence-corrected chi connectivity index (χ1v) is 11.7. The molecule has 3 aromatic rings. The number of halogens is 3. The van der Waals surface area contributed by atoms with Crippen molar-refractivity contribution in [3.63, 3.8) is 0 Å². The van der Waals surface area contributed by atoms with Crippen molar-refractivity contribution >= 4 is 33.6 Å². The maximum absolute atomic E-state index is 13.2. The predicted molar refractivity (Wildman–Crippen MR) is 121 cm³/mol. The number of amides is 2. The van der Waals surface area contributed by atoms with Gasteiger partial charge < -0.3 is 15.7 Å². The fraction of sp³-hybridized carbons (Fsp3) is 0.190. The first-order valence-electron chi connectivity index (χ1n) is 10.2. The van der Waals surface area contributed by atoms with Gasteiger partial charge in [0.2, 0.25) is 15.9 Å². The number of aromatic nitrogens is 3. The van der Waals surface area contributed by atoms with Gasteiger partial charge in [-0.2, -0.15) is 17.5 Å². The van der Waals surface area contributed by atoms with Crippen molar-refractivity contribution in [2.24, 2.45) is 0 Å². The van der Waals surface area contributed by atoms with E-state index in [1.54, 1.807) is 41.0 Å². The number of carbonyl (C=O) groups is 3. The van der Waals surface area contributed by atoms with E-state index in [1.807, 2.05) is 0 Å². The van der Waals surface area contributed by atoms with Gasteiger partial charge in [0.05, 0.1) is 24.5 Å². The van der Waals surface area contributed by atoms with Crippen LogP contribution < -0.4 is 10.6 Å². The summed E-state index contributed by atoms with van der Waals surface area (Å²) in [6, 6.07) is 11.5. The molecule has 3 N–H and O–H groups in total. The van der Waals surface area contributed by atoms with E-state index in [-0.39, 0.29) is 23.7 Å². The molecule has 0 spiro atoms. The molecule has 0 saturated heterocycles. The summed E-state index contributed by atoms with van der Waals surface area (Å²) in [5, 5.41) is 12.2. The van der Waals surface area contributed by atoms with Crippen LogP contribution in [0, 0.1) is 0 Å². The van der Waals surface area contributed by atoms with Crippen molar-refractivity contribution < 1.29 is 41.1 Å². The number of sulfonamides is 1. The van der Waals surface area contributed by atoms with Crippen molar-refractivity contribution in [3.8, 4) is 5.69 Å². The fourth-order valence-electron chi connectivity index (χ4n) is 3.18. The Hall–Kier alpha value is -4.31. The molecule has 0 radical (unpaired) electrons. The van der Waals surface area contributed by atoms with Gasteiger partial charge in [-0.1, -0.05) is 18.2 Å². The molecular weight excluding hydrogens is 521 g/mol. The lowest BCUT2D eigenvalue weighted by atomic mass is 10.2. The van der Waals surface area contributed by atoms with E-state index in [0.717, 1.165) is 4.31 Å². The number of para-hydroxylation sites is 1.